The molecule has 0 spiro atoms. The molecule has 0 fully saturated rings. The average Bonchev–Trinajstić information content (AvgIpc) is 2.72. The summed E-state index contributed by atoms with van der Waals surface area (Å²) in [4.78, 5) is 28.0. The van der Waals surface area contributed by atoms with E-state index in [-0.39, 0.29) is 23.3 Å². The zero-order chi connectivity index (χ0) is 21.7. The largest absolute Gasteiger partial charge is 0.369 e. The van der Waals surface area contributed by atoms with E-state index in [1.165, 1.54) is 17.6 Å². The highest BCUT2D eigenvalue weighted by atomic mass is 16.1. The molecule has 0 radical (unpaired) electrons. The van der Waals surface area contributed by atoms with E-state index in [0.29, 0.717) is 12.1 Å². The summed E-state index contributed by atoms with van der Waals surface area (Å²) in [5.74, 6) is -0.0356. The van der Waals surface area contributed by atoms with Crippen molar-refractivity contribution in [2.24, 2.45) is 7.05 Å². The summed E-state index contributed by atoms with van der Waals surface area (Å²) in [7, 11) is 1.59. The van der Waals surface area contributed by atoms with Crippen LogP contribution in [0.4, 0.5) is 11.6 Å². The van der Waals surface area contributed by atoms with Gasteiger partial charge in [-0.05, 0) is 23.3 Å². The predicted octanol–water partition coefficient (Wildman–Crippen LogP) is 3.66. The number of aromatic nitrogens is 2. The summed E-state index contributed by atoms with van der Waals surface area (Å²) < 4.78 is 1.31. The number of nitrogen functional groups attached to an aromatic ring is 1. The van der Waals surface area contributed by atoms with Crippen LogP contribution in [0.2, 0.25) is 0 Å². The molecule has 0 aliphatic carbocycles. The number of allylic oxidation sites excluding steroid dienone is 1. The zero-order valence-electron chi connectivity index (χ0n) is 17.1. The average molecular weight is 400 g/mol. The molecule has 152 valence electrons. The standard InChI is InChI=1S/C24H24N4O2/c1-4-8-17(14-20-15-23(30)28(3)24(25)27-20)18-9-7-10-19(13-18)21-11-5-6-12-22(21)26-16(2)29/h5-13,15,17H,1,14H2,2-3H3,(H2,25,27)(H,26,29). The van der Waals surface area contributed by atoms with Crippen LogP contribution in [0.3, 0.4) is 0 Å². The Labute approximate surface area is 175 Å². The Morgan fingerprint density at radius 1 is 1.27 bits per heavy atom. The normalized spacial score (nSPS) is 11.4. The number of nitrogens with two attached hydrogens (primary N) is 1. The smallest absolute Gasteiger partial charge is 0.254 e. The van der Waals surface area contributed by atoms with Gasteiger partial charge >= 0.3 is 0 Å². The van der Waals surface area contributed by atoms with E-state index in [0.717, 1.165) is 22.4 Å². The number of amides is 1. The molecule has 3 N–H and O–H groups in total. The first kappa shape index (κ1) is 20.8. The molecule has 1 heterocycles. The van der Waals surface area contributed by atoms with Crippen LogP contribution in [0.15, 0.2) is 77.8 Å². The van der Waals surface area contributed by atoms with E-state index < -0.39 is 0 Å². The third kappa shape index (κ3) is 4.74. The lowest BCUT2D eigenvalue weighted by molar-refractivity contribution is -0.114. The molecular formula is C24H24N4O2. The van der Waals surface area contributed by atoms with Gasteiger partial charge in [0.2, 0.25) is 11.9 Å². The van der Waals surface area contributed by atoms with Crippen molar-refractivity contribution in [1.29, 1.82) is 0 Å². The number of rotatable bonds is 6. The molecule has 3 aromatic rings. The first-order valence-electron chi connectivity index (χ1n) is 9.54. The van der Waals surface area contributed by atoms with Gasteiger partial charge in [0, 0.05) is 43.6 Å². The van der Waals surface area contributed by atoms with Crippen molar-refractivity contribution >= 4 is 17.5 Å². The first-order valence-corrected chi connectivity index (χ1v) is 9.54. The maximum absolute atomic E-state index is 12.1. The summed E-state index contributed by atoms with van der Waals surface area (Å²) in [5, 5.41) is 2.87. The minimum Gasteiger partial charge on any atom is -0.369 e. The van der Waals surface area contributed by atoms with Gasteiger partial charge in [0.15, 0.2) is 0 Å². The number of benzene rings is 2. The number of hydrogen-bond donors (Lipinski definition) is 2. The maximum Gasteiger partial charge on any atom is 0.254 e. The zero-order valence-corrected chi connectivity index (χ0v) is 17.1. The summed E-state index contributed by atoms with van der Waals surface area (Å²) in [5.41, 5.74) is 12.8. The SMILES string of the molecule is C=C=CC(Cc1cc(=O)n(C)c(N)n1)c1cccc(-c2ccccc2NC(C)=O)c1. The predicted molar refractivity (Wildman–Crippen MR) is 120 cm³/mol. The van der Waals surface area contributed by atoms with Crippen LogP contribution < -0.4 is 16.6 Å². The molecule has 0 aliphatic rings. The lowest BCUT2D eigenvalue weighted by Crippen LogP contribution is -2.22. The van der Waals surface area contributed by atoms with Crippen LogP contribution in [0.5, 0.6) is 0 Å². The number of carbonyl (C=O) groups is 1. The number of hydrogen-bond acceptors (Lipinski definition) is 4. The Bertz CT molecular complexity index is 1190. The van der Waals surface area contributed by atoms with Crippen molar-refractivity contribution in [2.45, 2.75) is 19.3 Å². The van der Waals surface area contributed by atoms with Gasteiger partial charge in [0.25, 0.3) is 5.56 Å². The van der Waals surface area contributed by atoms with Gasteiger partial charge in [0.1, 0.15) is 0 Å². The second-order valence-electron chi connectivity index (χ2n) is 7.04. The first-order chi connectivity index (χ1) is 14.4. The highest BCUT2D eigenvalue weighted by molar-refractivity contribution is 5.94. The van der Waals surface area contributed by atoms with Gasteiger partial charge in [-0.15, -0.1) is 5.73 Å². The molecule has 6 heteroatoms. The van der Waals surface area contributed by atoms with Crippen molar-refractivity contribution in [1.82, 2.24) is 9.55 Å². The third-order valence-electron chi connectivity index (χ3n) is 4.83. The van der Waals surface area contributed by atoms with Crippen molar-refractivity contribution in [3.63, 3.8) is 0 Å². The number of nitrogens with one attached hydrogen (secondary N) is 1. The lowest BCUT2D eigenvalue weighted by atomic mass is 9.91. The van der Waals surface area contributed by atoms with Crippen LogP contribution in [-0.2, 0) is 18.3 Å². The Balaban J connectivity index is 1.99. The minimum atomic E-state index is -0.197. The summed E-state index contributed by atoms with van der Waals surface area (Å²) in [6, 6.07) is 17.2. The molecule has 0 saturated carbocycles. The summed E-state index contributed by atoms with van der Waals surface area (Å²) >= 11 is 0. The molecule has 1 unspecified atom stereocenters. The van der Waals surface area contributed by atoms with E-state index in [2.05, 4.69) is 28.7 Å². The van der Waals surface area contributed by atoms with Crippen LogP contribution >= 0.6 is 0 Å². The van der Waals surface area contributed by atoms with Crippen molar-refractivity contribution < 1.29 is 4.79 Å². The molecule has 30 heavy (non-hydrogen) atoms. The highest BCUT2D eigenvalue weighted by Crippen LogP contribution is 2.31. The third-order valence-corrected chi connectivity index (χ3v) is 4.83. The van der Waals surface area contributed by atoms with Gasteiger partial charge in [-0.3, -0.25) is 14.2 Å². The monoisotopic (exact) mass is 400 g/mol. The number of nitrogens with zero attached hydrogens (tertiary/aromatic N) is 2. The summed E-state index contributed by atoms with van der Waals surface area (Å²) in [6.45, 7) is 5.19. The van der Waals surface area contributed by atoms with E-state index >= 15 is 0 Å². The minimum absolute atomic E-state index is 0.0885. The Morgan fingerprint density at radius 2 is 2.03 bits per heavy atom. The van der Waals surface area contributed by atoms with Gasteiger partial charge in [-0.2, -0.15) is 0 Å². The van der Waals surface area contributed by atoms with Gasteiger partial charge in [0.05, 0.1) is 5.69 Å². The van der Waals surface area contributed by atoms with Crippen LogP contribution in [0.25, 0.3) is 11.1 Å². The number of anilines is 2. The second kappa shape index (κ2) is 9.07. The molecule has 6 nitrogen and oxygen atoms in total. The van der Waals surface area contributed by atoms with E-state index in [4.69, 9.17) is 5.73 Å². The molecule has 0 bridgehead atoms. The number of para-hydroxylation sites is 1. The molecule has 1 amide bonds. The van der Waals surface area contributed by atoms with Crippen LogP contribution in [0.1, 0.15) is 24.1 Å². The maximum atomic E-state index is 12.1. The van der Waals surface area contributed by atoms with Crippen LogP contribution in [-0.4, -0.2) is 15.5 Å². The van der Waals surface area contributed by atoms with Gasteiger partial charge in [-0.1, -0.05) is 49.0 Å². The van der Waals surface area contributed by atoms with Gasteiger partial charge in [-0.25, -0.2) is 4.98 Å². The molecule has 1 atom stereocenters. The molecular weight excluding hydrogens is 376 g/mol. The van der Waals surface area contributed by atoms with Crippen molar-refractivity contribution in [3.8, 4) is 11.1 Å². The van der Waals surface area contributed by atoms with E-state index in [1.54, 1.807) is 7.05 Å². The lowest BCUT2D eigenvalue weighted by Gasteiger charge is -2.16. The van der Waals surface area contributed by atoms with Crippen molar-refractivity contribution in [2.75, 3.05) is 11.1 Å². The molecule has 0 aliphatic heterocycles. The Morgan fingerprint density at radius 3 is 2.73 bits per heavy atom. The topological polar surface area (TPSA) is 90.0 Å². The van der Waals surface area contributed by atoms with Crippen LogP contribution in [0, 0.1) is 0 Å². The van der Waals surface area contributed by atoms with Gasteiger partial charge < -0.3 is 11.1 Å². The quantitative estimate of drug-likeness (QED) is 0.618. The summed E-state index contributed by atoms with van der Waals surface area (Å²) in [6.07, 6.45) is 2.34. The molecule has 0 saturated heterocycles. The Hall–Kier alpha value is -3.89. The fraction of sp³-hybridized carbons (Fsp3) is 0.167. The molecule has 1 aromatic heterocycles. The fourth-order valence-electron chi connectivity index (χ4n) is 3.32. The second-order valence-corrected chi connectivity index (χ2v) is 7.04. The molecule has 3 rings (SSSR count). The van der Waals surface area contributed by atoms with E-state index in [1.807, 2.05) is 48.5 Å². The Kier molecular flexibility index (Phi) is 6.30. The van der Waals surface area contributed by atoms with E-state index in [9.17, 15) is 9.59 Å². The number of carbonyl (C=O) groups excluding carboxylic acids is 1. The molecule has 2 aromatic carbocycles. The fourth-order valence-corrected chi connectivity index (χ4v) is 3.32. The highest BCUT2D eigenvalue weighted by Gasteiger charge is 2.14. The van der Waals surface area contributed by atoms with Crippen molar-refractivity contribution in [3.05, 3.63) is 94.6 Å².